The second kappa shape index (κ2) is 8.64. The number of nitrogens with zero attached hydrogens (tertiary/aromatic N) is 6. The number of hydrogen-bond acceptors (Lipinski definition) is 8. The minimum absolute atomic E-state index is 0.0348. The Kier molecular flexibility index (Phi) is 5.48. The van der Waals surface area contributed by atoms with E-state index in [-0.39, 0.29) is 23.0 Å². The molecule has 3 aliphatic rings. The molecule has 42 heavy (non-hydrogen) atoms. The molecule has 0 radical (unpaired) electrons. The van der Waals surface area contributed by atoms with E-state index in [0.717, 1.165) is 0 Å². The third-order valence-electron chi connectivity index (χ3n) is 8.46. The minimum atomic E-state index is -4.81. The van der Waals surface area contributed by atoms with Crippen LogP contribution in [0.1, 0.15) is 64.2 Å². The Balaban J connectivity index is 1.28. The Morgan fingerprint density at radius 1 is 1.14 bits per heavy atom. The number of carbonyl (C=O) groups is 1. The van der Waals surface area contributed by atoms with Gasteiger partial charge < -0.3 is 20.5 Å². The first-order valence-corrected chi connectivity index (χ1v) is 12.9. The Labute approximate surface area is 234 Å². The molecule has 7 rings (SSSR count). The first kappa shape index (κ1) is 26.6. The molecule has 2 bridgehead atoms. The van der Waals surface area contributed by atoms with Gasteiger partial charge >= 0.3 is 12.8 Å². The summed E-state index contributed by atoms with van der Waals surface area (Å²) in [5.74, 6) is -0.965. The van der Waals surface area contributed by atoms with E-state index in [4.69, 9.17) is 15.5 Å². The fourth-order valence-electron chi connectivity index (χ4n) is 6.45. The molecule has 1 fully saturated rings. The van der Waals surface area contributed by atoms with E-state index in [1.54, 1.807) is 34.8 Å². The summed E-state index contributed by atoms with van der Waals surface area (Å²) in [5.41, 5.74) is 4.83. The molecule has 1 aromatic carbocycles. The maximum atomic E-state index is 13.3. The Hall–Kier alpha value is -4.24. The van der Waals surface area contributed by atoms with Crippen molar-refractivity contribution in [1.29, 1.82) is 0 Å². The molecule has 3 aromatic heterocycles. The average molecular weight is 588 g/mol. The predicted molar refractivity (Wildman–Crippen MR) is 134 cm³/mol. The highest BCUT2D eigenvalue weighted by molar-refractivity contribution is 5.98. The van der Waals surface area contributed by atoms with Gasteiger partial charge in [-0.2, -0.15) is 27.1 Å². The van der Waals surface area contributed by atoms with Crippen molar-refractivity contribution in [2.24, 2.45) is 5.73 Å². The van der Waals surface area contributed by atoms with Gasteiger partial charge in [0.1, 0.15) is 11.6 Å². The third-order valence-corrected chi connectivity index (χ3v) is 8.46. The Bertz CT molecular complexity index is 1750. The molecule has 2 atom stereocenters. The standard InChI is InChI=1S/C27H22F5N7O3/c1-38-16-7-14(18-13(22(38)40)3-2-4-17(18)42-24(28)29)19-20(16)37-39-6-5-15(36-21(19)39)12-8-34-23(35-9-12)25(33)10-26(41,11-25)27(30,31)32/h2-6,8-9,14,16,24,41H,7,10-11,33H2,1H3. The van der Waals surface area contributed by atoms with Crippen LogP contribution in [0.5, 0.6) is 5.75 Å². The minimum Gasteiger partial charge on any atom is -0.434 e. The predicted octanol–water partition coefficient (Wildman–Crippen LogP) is 3.69. The van der Waals surface area contributed by atoms with Crippen molar-refractivity contribution in [3.05, 3.63) is 71.1 Å². The second-order valence-electron chi connectivity index (χ2n) is 11.0. The van der Waals surface area contributed by atoms with Crippen molar-refractivity contribution in [2.75, 3.05) is 7.05 Å². The van der Waals surface area contributed by atoms with Gasteiger partial charge in [0.05, 0.1) is 23.0 Å². The maximum Gasteiger partial charge on any atom is 0.417 e. The first-order valence-electron chi connectivity index (χ1n) is 12.9. The summed E-state index contributed by atoms with van der Waals surface area (Å²) in [7, 11) is 1.64. The number of carbonyl (C=O) groups excluding carboxylic acids is 1. The number of aliphatic hydroxyl groups is 1. The van der Waals surface area contributed by atoms with E-state index in [0.29, 0.717) is 40.1 Å². The Morgan fingerprint density at radius 2 is 1.86 bits per heavy atom. The number of nitrogens with two attached hydrogens (primary N) is 1. The van der Waals surface area contributed by atoms with Gasteiger partial charge in [0.15, 0.2) is 11.2 Å². The average Bonchev–Trinajstić information content (AvgIpc) is 3.44. The summed E-state index contributed by atoms with van der Waals surface area (Å²) in [6.07, 6.45) is -1.50. The highest BCUT2D eigenvalue weighted by Crippen LogP contribution is 2.54. The third kappa shape index (κ3) is 3.72. The molecular weight excluding hydrogens is 565 g/mol. The zero-order valence-electron chi connectivity index (χ0n) is 21.8. The molecule has 1 saturated carbocycles. The number of benzene rings is 1. The van der Waals surface area contributed by atoms with Crippen molar-refractivity contribution in [2.45, 2.75) is 55.1 Å². The quantitative estimate of drug-likeness (QED) is 0.346. The van der Waals surface area contributed by atoms with Gasteiger partial charge in [-0.05, 0) is 24.6 Å². The molecule has 1 aliphatic heterocycles. The molecule has 0 spiro atoms. The summed E-state index contributed by atoms with van der Waals surface area (Å²) >= 11 is 0. The lowest BCUT2D eigenvalue weighted by atomic mass is 9.64. The van der Waals surface area contributed by atoms with Crippen LogP contribution in [0.4, 0.5) is 22.0 Å². The molecule has 10 nitrogen and oxygen atoms in total. The second-order valence-corrected chi connectivity index (χ2v) is 11.0. The summed E-state index contributed by atoms with van der Waals surface area (Å²) in [5, 5.41) is 14.5. The van der Waals surface area contributed by atoms with E-state index in [2.05, 4.69) is 15.1 Å². The summed E-state index contributed by atoms with van der Waals surface area (Å²) in [4.78, 5) is 27.9. The fourth-order valence-corrected chi connectivity index (χ4v) is 6.45. The van der Waals surface area contributed by atoms with E-state index >= 15 is 0 Å². The lowest BCUT2D eigenvalue weighted by molar-refractivity contribution is -0.304. The smallest absolute Gasteiger partial charge is 0.417 e. The molecule has 4 aromatic rings. The van der Waals surface area contributed by atoms with Crippen LogP contribution in [0.15, 0.2) is 42.9 Å². The molecule has 4 heterocycles. The number of alkyl halides is 5. The molecule has 2 unspecified atom stereocenters. The summed E-state index contributed by atoms with van der Waals surface area (Å²) < 4.78 is 72.4. The van der Waals surface area contributed by atoms with Gasteiger partial charge in [-0.25, -0.2) is 19.5 Å². The van der Waals surface area contributed by atoms with Crippen LogP contribution in [-0.2, 0) is 5.54 Å². The van der Waals surface area contributed by atoms with Gasteiger partial charge in [0.2, 0.25) is 0 Å². The van der Waals surface area contributed by atoms with Crippen molar-refractivity contribution < 1.29 is 36.6 Å². The van der Waals surface area contributed by atoms with E-state index < -0.39 is 48.7 Å². The molecule has 1 amide bonds. The van der Waals surface area contributed by atoms with Crippen molar-refractivity contribution in [1.82, 2.24) is 29.5 Å². The number of fused-ring (bicyclic) bond motifs is 9. The highest BCUT2D eigenvalue weighted by Gasteiger charge is 2.67. The number of hydrogen-bond donors (Lipinski definition) is 2. The number of ether oxygens (including phenoxy) is 1. The van der Waals surface area contributed by atoms with Crippen LogP contribution in [0.3, 0.4) is 0 Å². The lowest BCUT2D eigenvalue weighted by Crippen LogP contribution is -2.66. The molecule has 3 N–H and O–H groups in total. The molecule has 2 aliphatic carbocycles. The first-order chi connectivity index (χ1) is 19.8. The van der Waals surface area contributed by atoms with Gasteiger partial charge in [-0.1, -0.05) is 6.07 Å². The number of rotatable bonds is 4. The lowest BCUT2D eigenvalue weighted by Gasteiger charge is -2.50. The topological polar surface area (TPSA) is 132 Å². The van der Waals surface area contributed by atoms with Crippen LogP contribution < -0.4 is 10.5 Å². The van der Waals surface area contributed by atoms with Gasteiger partial charge in [-0.15, -0.1) is 0 Å². The van der Waals surface area contributed by atoms with Crippen LogP contribution in [-0.4, -0.2) is 65.9 Å². The number of amides is 1. The van der Waals surface area contributed by atoms with Crippen molar-refractivity contribution in [3.63, 3.8) is 0 Å². The SMILES string of the molecule is CN1C(=O)c2cccc(OC(F)F)c2C2CC1c1nn3ccc(-c4cnc(C5(N)CC(O)(C(F)(F)F)C5)nc4)nc3c12. The normalized spacial score (nSPS) is 26.7. The van der Waals surface area contributed by atoms with E-state index in [9.17, 15) is 31.9 Å². The summed E-state index contributed by atoms with van der Waals surface area (Å²) in [6.45, 7) is -3.09. The number of halogens is 5. The molecule has 15 heteroatoms. The van der Waals surface area contributed by atoms with Gasteiger partial charge in [0.25, 0.3) is 5.91 Å². The molecular formula is C27H22F5N7O3. The Morgan fingerprint density at radius 3 is 2.52 bits per heavy atom. The van der Waals surface area contributed by atoms with Gasteiger partial charge in [0, 0.05) is 66.7 Å². The zero-order valence-corrected chi connectivity index (χ0v) is 21.8. The fraction of sp³-hybridized carbons (Fsp3) is 0.370. The highest BCUT2D eigenvalue weighted by atomic mass is 19.4. The number of aromatic nitrogens is 5. The van der Waals surface area contributed by atoms with Crippen LogP contribution in [0, 0.1) is 0 Å². The zero-order chi connectivity index (χ0) is 29.8. The largest absolute Gasteiger partial charge is 0.434 e. The molecule has 218 valence electrons. The summed E-state index contributed by atoms with van der Waals surface area (Å²) in [6, 6.07) is 5.71. The molecule has 0 saturated heterocycles. The van der Waals surface area contributed by atoms with E-state index in [1.165, 1.54) is 24.5 Å². The van der Waals surface area contributed by atoms with Crippen molar-refractivity contribution in [3.8, 4) is 17.0 Å². The van der Waals surface area contributed by atoms with Crippen LogP contribution in [0.25, 0.3) is 16.9 Å². The van der Waals surface area contributed by atoms with Crippen molar-refractivity contribution >= 4 is 11.6 Å². The monoisotopic (exact) mass is 587 g/mol. The van der Waals surface area contributed by atoms with Crippen LogP contribution >= 0.6 is 0 Å². The van der Waals surface area contributed by atoms with Gasteiger partial charge in [-0.3, -0.25) is 4.79 Å². The van der Waals surface area contributed by atoms with E-state index in [1.807, 2.05) is 0 Å². The van der Waals surface area contributed by atoms with Crippen LogP contribution in [0.2, 0.25) is 0 Å². The maximum absolute atomic E-state index is 13.3.